The summed E-state index contributed by atoms with van der Waals surface area (Å²) >= 11 is 0. The maximum absolute atomic E-state index is 10.8. The number of aromatic nitrogens is 1. The van der Waals surface area contributed by atoms with Crippen LogP contribution in [0.4, 0.5) is 5.69 Å². The molecule has 1 amide bonds. The summed E-state index contributed by atoms with van der Waals surface area (Å²) in [7, 11) is 0. The fraction of sp³-hybridized carbons (Fsp3) is 0.250. The van der Waals surface area contributed by atoms with E-state index in [2.05, 4.69) is 10.3 Å². The van der Waals surface area contributed by atoms with Crippen molar-refractivity contribution >= 4 is 11.6 Å². The van der Waals surface area contributed by atoms with Gasteiger partial charge in [0.15, 0.2) is 0 Å². The fourth-order valence-corrected chi connectivity index (χ4v) is 1.34. The summed E-state index contributed by atoms with van der Waals surface area (Å²) in [5.74, 6) is -0.326. The van der Waals surface area contributed by atoms with E-state index in [9.17, 15) is 4.79 Å². The maximum atomic E-state index is 10.8. The molecule has 1 aromatic rings. The van der Waals surface area contributed by atoms with Crippen molar-refractivity contribution in [2.24, 2.45) is 5.73 Å². The molecule has 0 radical (unpaired) electrons. The van der Waals surface area contributed by atoms with Crippen molar-refractivity contribution in [2.75, 3.05) is 5.32 Å². The molecule has 3 N–H and O–H groups in total. The smallest absolute Gasteiger partial charge is 0.240 e. The number of nitrogens with one attached hydrogen (secondary N) is 1. The van der Waals surface area contributed by atoms with E-state index in [-0.39, 0.29) is 11.9 Å². The van der Waals surface area contributed by atoms with Crippen molar-refractivity contribution in [3.8, 4) is 0 Å². The van der Waals surface area contributed by atoms with E-state index in [0.29, 0.717) is 6.42 Å². The second kappa shape index (κ2) is 2.48. The monoisotopic (exact) mass is 163 g/mol. The molecule has 12 heavy (non-hydrogen) atoms. The van der Waals surface area contributed by atoms with Crippen LogP contribution in [-0.4, -0.2) is 16.9 Å². The number of hydrogen-bond acceptors (Lipinski definition) is 3. The Morgan fingerprint density at radius 3 is 3.25 bits per heavy atom. The number of pyridine rings is 1. The number of fused-ring (bicyclic) bond motifs is 1. The van der Waals surface area contributed by atoms with Gasteiger partial charge in [-0.3, -0.25) is 9.78 Å². The molecule has 0 spiro atoms. The van der Waals surface area contributed by atoms with Gasteiger partial charge in [-0.2, -0.15) is 0 Å². The molecule has 0 fully saturated rings. The molecule has 0 aromatic carbocycles. The lowest BCUT2D eigenvalue weighted by Gasteiger charge is -2.03. The standard InChI is InChI=1S/C8H9N3O/c9-8(12)7-4-6-5(11-7)2-1-3-10-6/h1-3,7,11H,4H2,(H2,9,12). The summed E-state index contributed by atoms with van der Waals surface area (Å²) in [4.78, 5) is 14.9. The molecule has 62 valence electrons. The highest BCUT2D eigenvalue weighted by molar-refractivity contribution is 5.85. The van der Waals surface area contributed by atoms with Crippen LogP contribution in [0.2, 0.25) is 0 Å². The Bertz CT molecular complexity index is 299. The van der Waals surface area contributed by atoms with Crippen molar-refractivity contribution in [3.63, 3.8) is 0 Å². The van der Waals surface area contributed by atoms with Crippen molar-refractivity contribution in [2.45, 2.75) is 12.5 Å². The Kier molecular flexibility index (Phi) is 1.46. The third-order valence-corrected chi connectivity index (χ3v) is 1.96. The molecular formula is C8H9N3O. The molecule has 2 rings (SSSR count). The van der Waals surface area contributed by atoms with Gasteiger partial charge in [0.1, 0.15) is 6.04 Å². The van der Waals surface area contributed by atoms with Gasteiger partial charge in [0, 0.05) is 12.6 Å². The Morgan fingerprint density at radius 1 is 1.75 bits per heavy atom. The highest BCUT2D eigenvalue weighted by Gasteiger charge is 2.24. The fourth-order valence-electron chi connectivity index (χ4n) is 1.34. The highest BCUT2D eigenvalue weighted by Crippen LogP contribution is 2.22. The van der Waals surface area contributed by atoms with Gasteiger partial charge in [0.2, 0.25) is 5.91 Å². The Balaban J connectivity index is 2.27. The Labute approximate surface area is 69.8 Å². The van der Waals surface area contributed by atoms with Gasteiger partial charge in [-0.1, -0.05) is 0 Å². The average Bonchev–Trinajstić information content (AvgIpc) is 2.46. The molecule has 0 saturated carbocycles. The van der Waals surface area contributed by atoms with Crippen LogP contribution in [-0.2, 0) is 11.2 Å². The van der Waals surface area contributed by atoms with Gasteiger partial charge in [-0.25, -0.2) is 0 Å². The first-order chi connectivity index (χ1) is 5.77. The minimum atomic E-state index is -0.326. The Morgan fingerprint density at radius 2 is 2.58 bits per heavy atom. The van der Waals surface area contributed by atoms with Gasteiger partial charge in [-0.15, -0.1) is 0 Å². The molecule has 1 atom stereocenters. The number of carbonyl (C=O) groups excluding carboxylic acids is 1. The van der Waals surface area contributed by atoms with Crippen LogP contribution in [0, 0.1) is 0 Å². The van der Waals surface area contributed by atoms with Gasteiger partial charge < -0.3 is 11.1 Å². The van der Waals surface area contributed by atoms with Gasteiger partial charge in [0.05, 0.1) is 11.4 Å². The van der Waals surface area contributed by atoms with Crippen LogP contribution in [0.5, 0.6) is 0 Å². The zero-order valence-electron chi connectivity index (χ0n) is 6.45. The third-order valence-electron chi connectivity index (χ3n) is 1.96. The van der Waals surface area contributed by atoms with Crippen LogP contribution in [0.15, 0.2) is 18.3 Å². The van der Waals surface area contributed by atoms with E-state index in [1.54, 1.807) is 6.20 Å². The molecule has 2 heterocycles. The van der Waals surface area contributed by atoms with Gasteiger partial charge in [0.25, 0.3) is 0 Å². The SMILES string of the molecule is NC(=O)C1Cc2ncccc2N1. The van der Waals surface area contributed by atoms with Crippen LogP contribution < -0.4 is 11.1 Å². The summed E-state index contributed by atoms with van der Waals surface area (Å²) in [6.07, 6.45) is 2.31. The molecule has 0 aliphatic carbocycles. The van der Waals surface area contributed by atoms with E-state index in [4.69, 9.17) is 5.73 Å². The predicted molar refractivity (Wildman–Crippen MR) is 44.5 cm³/mol. The number of anilines is 1. The number of amides is 1. The molecule has 4 nitrogen and oxygen atoms in total. The summed E-state index contributed by atoms with van der Waals surface area (Å²) in [6, 6.07) is 3.44. The first-order valence-corrected chi connectivity index (χ1v) is 3.77. The van der Waals surface area contributed by atoms with Crippen molar-refractivity contribution in [1.82, 2.24) is 4.98 Å². The molecule has 1 aromatic heterocycles. The number of hydrogen-bond donors (Lipinski definition) is 2. The van der Waals surface area contributed by atoms with Gasteiger partial charge in [-0.05, 0) is 12.1 Å². The topological polar surface area (TPSA) is 68.0 Å². The molecule has 0 saturated heterocycles. The van der Waals surface area contributed by atoms with Crippen LogP contribution in [0.3, 0.4) is 0 Å². The van der Waals surface area contributed by atoms with Crippen molar-refractivity contribution in [1.29, 1.82) is 0 Å². The molecule has 1 aliphatic heterocycles. The first kappa shape index (κ1) is 7.09. The van der Waals surface area contributed by atoms with E-state index in [1.165, 1.54) is 0 Å². The predicted octanol–water partition coefficient (Wildman–Crippen LogP) is -0.0965. The van der Waals surface area contributed by atoms with E-state index in [1.807, 2.05) is 12.1 Å². The zero-order valence-corrected chi connectivity index (χ0v) is 6.45. The normalized spacial score (nSPS) is 19.8. The van der Waals surface area contributed by atoms with Crippen molar-refractivity contribution < 1.29 is 4.79 Å². The van der Waals surface area contributed by atoms with E-state index >= 15 is 0 Å². The molecule has 4 heteroatoms. The quantitative estimate of drug-likeness (QED) is 0.607. The molecule has 1 aliphatic rings. The largest absolute Gasteiger partial charge is 0.372 e. The number of nitrogens with two attached hydrogens (primary N) is 1. The third kappa shape index (κ3) is 1.01. The number of carbonyl (C=O) groups is 1. The lowest BCUT2D eigenvalue weighted by Crippen LogP contribution is -2.33. The minimum Gasteiger partial charge on any atom is -0.372 e. The van der Waals surface area contributed by atoms with E-state index < -0.39 is 0 Å². The zero-order chi connectivity index (χ0) is 8.55. The molecular weight excluding hydrogens is 154 g/mol. The van der Waals surface area contributed by atoms with Crippen LogP contribution in [0.25, 0.3) is 0 Å². The molecule has 0 bridgehead atoms. The maximum Gasteiger partial charge on any atom is 0.240 e. The molecule has 1 unspecified atom stereocenters. The summed E-state index contributed by atoms with van der Waals surface area (Å²) < 4.78 is 0. The highest BCUT2D eigenvalue weighted by atomic mass is 16.1. The van der Waals surface area contributed by atoms with Crippen LogP contribution in [0.1, 0.15) is 5.69 Å². The van der Waals surface area contributed by atoms with Crippen molar-refractivity contribution in [3.05, 3.63) is 24.0 Å². The first-order valence-electron chi connectivity index (χ1n) is 3.77. The lowest BCUT2D eigenvalue weighted by atomic mass is 10.2. The average molecular weight is 163 g/mol. The Hall–Kier alpha value is -1.58. The number of nitrogens with zero attached hydrogens (tertiary/aromatic N) is 1. The number of primary amides is 1. The minimum absolute atomic E-state index is 0.283. The van der Waals surface area contributed by atoms with Crippen LogP contribution >= 0.6 is 0 Å². The summed E-state index contributed by atoms with van der Waals surface area (Å²) in [6.45, 7) is 0. The summed E-state index contributed by atoms with van der Waals surface area (Å²) in [5.41, 5.74) is 6.98. The number of rotatable bonds is 1. The second-order valence-electron chi connectivity index (χ2n) is 2.80. The van der Waals surface area contributed by atoms with E-state index in [0.717, 1.165) is 11.4 Å². The lowest BCUT2D eigenvalue weighted by molar-refractivity contribution is -0.118. The van der Waals surface area contributed by atoms with Gasteiger partial charge >= 0.3 is 0 Å². The summed E-state index contributed by atoms with van der Waals surface area (Å²) in [5, 5.41) is 3.00. The second-order valence-corrected chi connectivity index (χ2v) is 2.80.